The average molecular weight is 272 g/mol. The number of carbonyl (C=O) groups is 3. The smallest absolute Gasteiger partial charge is 0.310 e. The van der Waals surface area contributed by atoms with Crippen molar-refractivity contribution in [3.63, 3.8) is 0 Å². The van der Waals surface area contributed by atoms with Crippen molar-refractivity contribution in [1.29, 1.82) is 0 Å². The molecule has 0 aromatic rings. The van der Waals surface area contributed by atoms with E-state index in [9.17, 15) is 19.5 Å². The van der Waals surface area contributed by atoms with Gasteiger partial charge in [-0.2, -0.15) is 0 Å². The summed E-state index contributed by atoms with van der Waals surface area (Å²) in [6, 6.07) is 0. The van der Waals surface area contributed by atoms with E-state index in [1.807, 2.05) is 0 Å². The summed E-state index contributed by atoms with van der Waals surface area (Å²) in [5, 5.41) is 11.9. The second-order valence-electron chi connectivity index (χ2n) is 4.74. The summed E-state index contributed by atoms with van der Waals surface area (Å²) < 4.78 is 0. The molecule has 0 bridgehead atoms. The Kier molecular flexibility index (Phi) is 7.79. The van der Waals surface area contributed by atoms with Crippen LogP contribution in [0.15, 0.2) is 0 Å². The number of unbranched alkanes of at least 4 members (excludes halogenated alkanes) is 1. The topological polar surface area (TPSA) is 109 Å². The van der Waals surface area contributed by atoms with E-state index < -0.39 is 11.4 Å². The molecule has 19 heavy (non-hydrogen) atoms. The average Bonchev–Trinajstić information content (AvgIpc) is 2.34. The van der Waals surface area contributed by atoms with Crippen molar-refractivity contribution in [1.82, 2.24) is 5.32 Å². The molecular weight excluding hydrogens is 248 g/mol. The second kappa shape index (κ2) is 8.50. The summed E-state index contributed by atoms with van der Waals surface area (Å²) >= 11 is 0. The highest BCUT2D eigenvalue weighted by Gasteiger charge is 2.36. The highest BCUT2D eigenvalue weighted by molar-refractivity contribution is 5.84. The molecule has 110 valence electrons. The van der Waals surface area contributed by atoms with E-state index in [4.69, 9.17) is 5.73 Å². The van der Waals surface area contributed by atoms with E-state index in [1.54, 1.807) is 13.8 Å². The first kappa shape index (κ1) is 17.4. The third-order valence-electron chi connectivity index (χ3n) is 3.48. The maximum absolute atomic E-state index is 11.7. The lowest BCUT2D eigenvalue weighted by Gasteiger charge is -2.25. The highest BCUT2D eigenvalue weighted by atomic mass is 16.4. The molecular formula is C13H24N2O4. The highest BCUT2D eigenvalue weighted by Crippen LogP contribution is 2.30. The molecule has 6 nitrogen and oxygen atoms in total. The van der Waals surface area contributed by atoms with Gasteiger partial charge in [-0.1, -0.05) is 13.8 Å². The minimum atomic E-state index is -0.975. The van der Waals surface area contributed by atoms with Crippen LogP contribution in [0, 0.1) is 5.41 Å². The van der Waals surface area contributed by atoms with Crippen molar-refractivity contribution in [3.05, 3.63) is 0 Å². The number of aliphatic carboxylic acids is 1. The Bertz CT molecular complexity index is 325. The van der Waals surface area contributed by atoms with Crippen LogP contribution in [0.4, 0.5) is 0 Å². The Morgan fingerprint density at radius 1 is 1.16 bits per heavy atom. The molecule has 2 amide bonds. The summed E-state index contributed by atoms with van der Waals surface area (Å²) in [7, 11) is 0. The zero-order chi connectivity index (χ0) is 14.9. The lowest BCUT2D eigenvalue weighted by Crippen LogP contribution is -2.37. The maximum Gasteiger partial charge on any atom is 0.310 e. The molecule has 0 aromatic heterocycles. The summed E-state index contributed by atoms with van der Waals surface area (Å²) in [5.74, 6) is -1.54. The third kappa shape index (κ3) is 6.22. The molecule has 0 radical (unpaired) electrons. The summed E-state index contributed by atoms with van der Waals surface area (Å²) in [6.45, 7) is 3.99. The number of nitrogens with one attached hydrogen (secondary N) is 1. The van der Waals surface area contributed by atoms with Gasteiger partial charge in [-0.3, -0.25) is 14.4 Å². The van der Waals surface area contributed by atoms with Crippen molar-refractivity contribution >= 4 is 17.8 Å². The SMILES string of the molecule is CCC(CC)(CC(=O)NCCCCC(N)=O)C(=O)O. The number of hydrogen-bond acceptors (Lipinski definition) is 3. The molecule has 0 unspecified atom stereocenters. The number of carboxylic acid groups (broad SMARTS) is 1. The van der Waals surface area contributed by atoms with Crippen LogP contribution in [0.3, 0.4) is 0 Å². The van der Waals surface area contributed by atoms with Gasteiger partial charge < -0.3 is 16.2 Å². The zero-order valence-electron chi connectivity index (χ0n) is 11.7. The monoisotopic (exact) mass is 272 g/mol. The van der Waals surface area contributed by atoms with Crippen molar-refractivity contribution in [2.75, 3.05) is 6.54 Å². The first-order valence-electron chi connectivity index (χ1n) is 6.66. The normalized spacial score (nSPS) is 11.1. The number of carbonyl (C=O) groups excluding carboxylic acids is 2. The number of amides is 2. The Morgan fingerprint density at radius 2 is 1.74 bits per heavy atom. The van der Waals surface area contributed by atoms with E-state index >= 15 is 0 Å². The Labute approximate surface area is 113 Å². The molecule has 0 rings (SSSR count). The molecule has 0 spiro atoms. The number of hydrogen-bond donors (Lipinski definition) is 3. The first-order valence-corrected chi connectivity index (χ1v) is 6.66. The minimum Gasteiger partial charge on any atom is -0.481 e. The number of rotatable bonds is 10. The van der Waals surface area contributed by atoms with Crippen LogP contribution in [0.1, 0.15) is 52.4 Å². The predicted octanol–water partition coefficient (Wildman–Crippen LogP) is 1.04. The van der Waals surface area contributed by atoms with Crippen LogP contribution in [0.2, 0.25) is 0 Å². The lowest BCUT2D eigenvalue weighted by atomic mass is 9.79. The maximum atomic E-state index is 11.7. The molecule has 0 aliphatic heterocycles. The zero-order valence-corrected chi connectivity index (χ0v) is 11.7. The van der Waals surface area contributed by atoms with Gasteiger partial charge in [0.1, 0.15) is 0 Å². The van der Waals surface area contributed by atoms with E-state index in [1.165, 1.54) is 0 Å². The summed E-state index contributed by atoms with van der Waals surface area (Å²) in [6.07, 6.45) is 2.43. The molecule has 0 saturated heterocycles. The molecule has 0 fully saturated rings. The number of carboxylic acids is 1. The Balaban J connectivity index is 4.08. The molecule has 0 aliphatic carbocycles. The molecule has 0 aliphatic rings. The quantitative estimate of drug-likeness (QED) is 0.516. The van der Waals surface area contributed by atoms with Crippen molar-refractivity contribution in [3.8, 4) is 0 Å². The first-order chi connectivity index (χ1) is 8.88. The van der Waals surface area contributed by atoms with Crippen LogP contribution in [0.25, 0.3) is 0 Å². The van der Waals surface area contributed by atoms with Gasteiger partial charge in [0.15, 0.2) is 0 Å². The molecule has 0 aromatic carbocycles. The van der Waals surface area contributed by atoms with E-state index in [0.717, 1.165) is 0 Å². The van der Waals surface area contributed by atoms with Crippen LogP contribution in [-0.2, 0) is 14.4 Å². The fourth-order valence-corrected chi connectivity index (χ4v) is 1.90. The summed E-state index contributed by atoms with van der Waals surface area (Å²) in [5.41, 5.74) is 4.02. The van der Waals surface area contributed by atoms with Gasteiger partial charge in [0.25, 0.3) is 0 Å². The molecule has 0 heterocycles. The largest absolute Gasteiger partial charge is 0.481 e. The molecule has 6 heteroatoms. The van der Waals surface area contributed by atoms with Gasteiger partial charge in [-0.05, 0) is 25.7 Å². The van der Waals surface area contributed by atoms with Crippen LogP contribution in [-0.4, -0.2) is 29.4 Å². The van der Waals surface area contributed by atoms with Crippen LogP contribution in [0.5, 0.6) is 0 Å². The van der Waals surface area contributed by atoms with Crippen molar-refractivity contribution in [2.24, 2.45) is 11.1 Å². The fourth-order valence-electron chi connectivity index (χ4n) is 1.90. The van der Waals surface area contributed by atoms with Gasteiger partial charge >= 0.3 is 5.97 Å². The Morgan fingerprint density at radius 3 is 2.16 bits per heavy atom. The van der Waals surface area contributed by atoms with Crippen molar-refractivity contribution in [2.45, 2.75) is 52.4 Å². The lowest BCUT2D eigenvalue weighted by molar-refractivity contribution is -0.152. The third-order valence-corrected chi connectivity index (χ3v) is 3.48. The van der Waals surface area contributed by atoms with Crippen LogP contribution < -0.4 is 11.1 Å². The molecule has 0 atom stereocenters. The van der Waals surface area contributed by atoms with E-state index in [0.29, 0.717) is 38.6 Å². The summed E-state index contributed by atoms with van der Waals surface area (Å²) in [4.78, 5) is 33.5. The fraction of sp³-hybridized carbons (Fsp3) is 0.769. The van der Waals surface area contributed by atoms with Gasteiger partial charge in [0.2, 0.25) is 11.8 Å². The van der Waals surface area contributed by atoms with Gasteiger partial charge in [-0.15, -0.1) is 0 Å². The van der Waals surface area contributed by atoms with E-state index in [-0.39, 0.29) is 18.2 Å². The van der Waals surface area contributed by atoms with Gasteiger partial charge in [0.05, 0.1) is 5.41 Å². The van der Waals surface area contributed by atoms with Gasteiger partial charge in [-0.25, -0.2) is 0 Å². The number of primary amides is 1. The standard InChI is InChI=1S/C13H24N2O4/c1-3-13(4-2,12(18)19)9-11(17)15-8-6-5-7-10(14)16/h3-9H2,1-2H3,(H2,14,16)(H,15,17)(H,18,19). The van der Waals surface area contributed by atoms with Crippen molar-refractivity contribution < 1.29 is 19.5 Å². The van der Waals surface area contributed by atoms with E-state index in [2.05, 4.69) is 5.32 Å². The molecule has 0 saturated carbocycles. The minimum absolute atomic E-state index is 0.00878. The van der Waals surface area contributed by atoms with Crippen LogP contribution >= 0.6 is 0 Å². The Hall–Kier alpha value is -1.59. The second-order valence-corrected chi connectivity index (χ2v) is 4.74. The van der Waals surface area contributed by atoms with Gasteiger partial charge in [0, 0.05) is 19.4 Å². The molecule has 4 N–H and O–H groups in total. The number of nitrogens with two attached hydrogens (primary N) is 1. The predicted molar refractivity (Wildman–Crippen MR) is 71.3 cm³/mol.